The number of methoxy groups -OCH3 is 1. The maximum atomic E-state index is 13.0. The molecule has 6 heteroatoms. The highest BCUT2D eigenvalue weighted by Crippen LogP contribution is 2.39. The minimum absolute atomic E-state index is 0. The minimum atomic E-state index is -4.30. The van der Waals surface area contributed by atoms with Gasteiger partial charge >= 0.3 is 6.18 Å². The molecule has 0 atom stereocenters. The molecule has 0 radical (unpaired) electrons. The Hall–Kier alpha value is -0.940. The first-order valence-corrected chi connectivity index (χ1v) is 5.98. The molecule has 0 unspecified atom stereocenters. The van der Waals surface area contributed by atoms with Crippen LogP contribution in [0, 0.1) is 0 Å². The third kappa shape index (κ3) is 3.76. The SMILES string of the molecule is COc1ccc(C(F)(F)F)c(C2CCNCC2)c1.Cl. The monoisotopic (exact) mass is 295 g/mol. The lowest BCUT2D eigenvalue weighted by molar-refractivity contribution is -0.138. The molecular weight excluding hydrogens is 279 g/mol. The van der Waals surface area contributed by atoms with E-state index in [0.717, 1.165) is 32.0 Å². The van der Waals surface area contributed by atoms with E-state index in [1.165, 1.54) is 19.2 Å². The van der Waals surface area contributed by atoms with Gasteiger partial charge in [0.05, 0.1) is 12.7 Å². The van der Waals surface area contributed by atoms with E-state index in [0.29, 0.717) is 11.3 Å². The summed E-state index contributed by atoms with van der Waals surface area (Å²) in [5.41, 5.74) is -0.168. The zero-order chi connectivity index (χ0) is 13.2. The molecule has 2 rings (SSSR count). The van der Waals surface area contributed by atoms with Crippen LogP contribution in [0.2, 0.25) is 0 Å². The Labute approximate surface area is 116 Å². The maximum Gasteiger partial charge on any atom is 0.416 e. The van der Waals surface area contributed by atoms with Gasteiger partial charge in [-0.15, -0.1) is 12.4 Å². The van der Waals surface area contributed by atoms with Crippen molar-refractivity contribution in [3.8, 4) is 5.75 Å². The molecule has 2 nitrogen and oxygen atoms in total. The highest BCUT2D eigenvalue weighted by atomic mass is 35.5. The molecule has 1 N–H and O–H groups in total. The topological polar surface area (TPSA) is 21.3 Å². The molecule has 0 bridgehead atoms. The fraction of sp³-hybridized carbons (Fsp3) is 0.538. The average Bonchev–Trinajstić information content (AvgIpc) is 2.38. The van der Waals surface area contributed by atoms with E-state index in [1.54, 1.807) is 0 Å². The van der Waals surface area contributed by atoms with E-state index >= 15 is 0 Å². The van der Waals surface area contributed by atoms with Crippen molar-refractivity contribution >= 4 is 12.4 Å². The molecule has 1 aliphatic rings. The van der Waals surface area contributed by atoms with Crippen molar-refractivity contribution in [1.82, 2.24) is 5.32 Å². The van der Waals surface area contributed by atoms with Crippen molar-refractivity contribution in [2.75, 3.05) is 20.2 Å². The Kier molecular flexibility index (Phi) is 5.50. The van der Waals surface area contributed by atoms with Crippen LogP contribution in [0.15, 0.2) is 18.2 Å². The fourth-order valence-electron chi connectivity index (χ4n) is 2.40. The van der Waals surface area contributed by atoms with Crippen LogP contribution < -0.4 is 10.1 Å². The van der Waals surface area contributed by atoms with Crippen LogP contribution in [0.4, 0.5) is 13.2 Å². The van der Waals surface area contributed by atoms with Gasteiger partial charge in [0.15, 0.2) is 0 Å². The quantitative estimate of drug-likeness (QED) is 0.900. The van der Waals surface area contributed by atoms with Gasteiger partial charge in [-0.1, -0.05) is 0 Å². The van der Waals surface area contributed by atoms with Crippen molar-refractivity contribution < 1.29 is 17.9 Å². The van der Waals surface area contributed by atoms with E-state index in [-0.39, 0.29) is 18.3 Å². The van der Waals surface area contributed by atoms with Gasteiger partial charge < -0.3 is 10.1 Å². The zero-order valence-electron chi connectivity index (χ0n) is 10.6. The first-order chi connectivity index (χ1) is 8.52. The summed E-state index contributed by atoms with van der Waals surface area (Å²) >= 11 is 0. The van der Waals surface area contributed by atoms with E-state index < -0.39 is 11.7 Å². The molecule has 1 saturated heterocycles. The molecule has 19 heavy (non-hydrogen) atoms. The molecule has 0 aromatic heterocycles. The number of rotatable bonds is 2. The van der Waals surface area contributed by atoms with E-state index in [9.17, 15) is 13.2 Å². The summed E-state index contributed by atoms with van der Waals surface area (Å²) in [7, 11) is 1.47. The van der Waals surface area contributed by atoms with Crippen LogP contribution in [0.25, 0.3) is 0 Å². The summed E-state index contributed by atoms with van der Waals surface area (Å²) in [4.78, 5) is 0. The second-order valence-electron chi connectivity index (χ2n) is 4.48. The van der Waals surface area contributed by atoms with Gasteiger partial charge in [0, 0.05) is 0 Å². The molecule has 1 aliphatic heterocycles. The second kappa shape index (κ2) is 6.48. The molecule has 0 spiro atoms. The molecule has 1 aromatic rings. The summed E-state index contributed by atoms with van der Waals surface area (Å²) < 4.78 is 44.0. The third-order valence-electron chi connectivity index (χ3n) is 3.34. The lowest BCUT2D eigenvalue weighted by Crippen LogP contribution is -2.27. The Balaban J connectivity index is 0.00000180. The molecule has 108 valence electrons. The van der Waals surface area contributed by atoms with E-state index in [4.69, 9.17) is 4.74 Å². The van der Waals surface area contributed by atoms with Gasteiger partial charge in [-0.05, 0) is 55.6 Å². The van der Waals surface area contributed by atoms with Crippen LogP contribution >= 0.6 is 12.4 Å². The molecule has 1 fully saturated rings. The average molecular weight is 296 g/mol. The fourth-order valence-corrected chi connectivity index (χ4v) is 2.40. The lowest BCUT2D eigenvalue weighted by Gasteiger charge is -2.26. The number of piperidine rings is 1. The van der Waals surface area contributed by atoms with E-state index in [1.807, 2.05) is 0 Å². The molecule has 0 aliphatic carbocycles. The Morgan fingerprint density at radius 1 is 1.21 bits per heavy atom. The third-order valence-corrected chi connectivity index (χ3v) is 3.34. The van der Waals surface area contributed by atoms with Gasteiger partial charge in [-0.2, -0.15) is 13.2 Å². The summed E-state index contributed by atoms with van der Waals surface area (Å²) in [6.07, 6.45) is -2.83. The molecule has 0 saturated carbocycles. The number of benzene rings is 1. The Morgan fingerprint density at radius 3 is 2.37 bits per heavy atom. The highest BCUT2D eigenvalue weighted by molar-refractivity contribution is 5.85. The molecule has 1 aromatic carbocycles. The van der Waals surface area contributed by atoms with Crippen molar-refractivity contribution in [3.05, 3.63) is 29.3 Å². The van der Waals surface area contributed by atoms with Gasteiger partial charge in [0.2, 0.25) is 0 Å². The largest absolute Gasteiger partial charge is 0.497 e. The predicted molar refractivity (Wildman–Crippen MR) is 70.1 cm³/mol. The number of ether oxygens (including phenoxy) is 1. The predicted octanol–water partition coefficient (Wildman–Crippen LogP) is 3.60. The van der Waals surface area contributed by atoms with Gasteiger partial charge in [-0.3, -0.25) is 0 Å². The van der Waals surface area contributed by atoms with Gasteiger partial charge in [-0.25, -0.2) is 0 Å². The number of nitrogens with one attached hydrogen (secondary N) is 1. The van der Waals surface area contributed by atoms with Crippen molar-refractivity contribution in [2.24, 2.45) is 0 Å². The van der Waals surface area contributed by atoms with Crippen LogP contribution in [-0.4, -0.2) is 20.2 Å². The smallest absolute Gasteiger partial charge is 0.416 e. The number of hydrogen-bond donors (Lipinski definition) is 1. The van der Waals surface area contributed by atoms with Crippen molar-refractivity contribution in [2.45, 2.75) is 24.9 Å². The summed E-state index contributed by atoms with van der Waals surface area (Å²) in [6.45, 7) is 1.53. The summed E-state index contributed by atoms with van der Waals surface area (Å²) in [5, 5.41) is 3.16. The molecule has 0 amide bonds. The van der Waals surface area contributed by atoms with Gasteiger partial charge in [0.25, 0.3) is 0 Å². The van der Waals surface area contributed by atoms with Crippen molar-refractivity contribution in [1.29, 1.82) is 0 Å². The first kappa shape index (κ1) is 16.1. The summed E-state index contributed by atoms with van der Waals surface area (Å²) in [5.74, 6) is 0.439. The lowest BCUT2D eigenvalue weighted by atomic mass is 9.87. The maximum absolute atomic E-state index is 13.0. The molecular formula is C13H17ClF3NO. The Morgan fingerprint density at radius 2 is 1.84 bits per heavy atom. The second-order valence-corrected chi connectivity index (χ2v) is 4.48. The standard InChI is InChI=1S/C13H16F3NO.ClH/c1-18-10-2-3-12(13(14,15)16)11(8-10)9-4-6-17-7-5-9;/h2-3,8-9,17H,4-7H2,1H3;1H. The first-order valence-electron chi connectivity index (χ1n) is 5.98. The van der Waals surface area contributed by atoms with Crippen LogP contribution in [0.1, 0.15) is 29.9 Å². The number of halogens is 4. The van der Waals surface area contributed by atoms with Gasteiger partial charge in [0.1, 0.15) is 5.75 Å². The van der Waals surface area contributed by atoms with Crippen LogP contribution in [-0.2, 0) is 6.18 Å². The molecule has 1 heterocycles. The van der Waals surface area contributed by atoms with Crippen LogP contribution in [0.3, 0.4) is 0 Å². The number of alkyl halides is 3. The highest BCUT2D eigenvalue weighted by Gasteiger charge is 2.35. The summed E-state index contributed by atoms with van der Waals surface area (Å²) in [6, 6.07) is 4.02. The minimum Gasteiger partial charge on any atom is -0.497 e. The van der Waals surface area contributed by atoms with Crippen LogP contribution in [0.5, 0.6) is 5.75 Å². The Bertz CT molecular complexity index is 417. The van der Waals surface area contributed by atoms with Crippen molar-refractivity contribution in [3.63, 3.8) is 0 Å². The zero-order valence-corrected chi connectivity index (χ0v) is 11.4. The van der Waals surface area contributed by atoms with E-state index in [2.05, 4.69) is 5.32 Å². The normalized spacial score (nSPS) is 16.8. The number of hydrogen-bond acceptors (Lipinski definition) is 2.